The van der Waals surface area contributed by atoms with Gasteiger partial charge in [-0.25, -0.2) is 9.97 Å². The second-order valence-corrected chi connectivity index (χ2v) is 6.04. The predicted octanol–water partition coefficient (Wildman–Crippen LogP) is 4.22. The van der Waals surface area contributed by atoms with Crippen LogP contribution in [0, 0.1) is 18.3 Å². The number of benzene rings is 2. The molecule has 1 aromatic heterocycles. The van der Waals surface area contributed by atoms with E-state index in [1.54, 1.807) is 24.3 Å². The number of anilines is 3. The van der Waals surface area contributed by atoms with Gasteiger partial charge in [-0.3, -0.25) is 4.79 Å². The molecular formula is C21H19N5O. The Hall–Kier alpha value is -3.72. The zero-order chi connectivity index (χ0) is 19.2. The van der Waals surface area contributed by atoms with Gasteiger partial charge in [0.1, 0.15) is 12.1 Å². The molecule has 6 heteroatoms. The minimum Gasteiger partial charge on any atom is -0.340 e. The SMILES string of the molecule is CCc1ccc(Nc2cc(C)ncn2)cc1NC(=O)c1cccc(C#N)c1. The number of nitrogens with one attached hydrogen (secondary N) is 2. The maximum absolute atomic E-state index is 12.6. The minimum atomic E-state index is -0.253. The van der Waals surface area contributed by atoms with Crippen molar-refractivity contribution < 1.29 is 4.79 Å². The first kappa shape index (κ1) is 18.1. The lowest BCUT2D eigenvalue weighted by Crippen LogP contribution is -2.13. The Morgan fingerprint density at radius 1 is 1.15 bits per heavy atom. The molecule has 0 bridgehead atoms. The van der Waals surface area contributed by atoms with Crippen LogP contribution in [0.4, 0.5) is 17.2 Å². The number of carbonyl (C=O) groups is 1. The molecule has 6 nitrogen and oxygen atoms in total. The van der Waals surface area contributed by atoms with E-state index in [2.05, 4.69) is 20.6 Å². The van der Waals surface area contributed by atoms with E-state index in [9.17, 15) is 4.79 Å². The Morgan fingerprint density at radius 2 is 2.00 bits per heavy atom. The number of aryl methyl sites for hydroxylation is 2. The van der Waals surface area contributed by atoms with Gasteiger partial charge in [-0.15, -0.1) is 0 Å². The third-order valence-electron chi connectivity index (χ3n) is 4.07. The molecule has 2 N–H and O–H groups in total. The molecule has 1 amide bonds. The van der Waals surface area contributed by atoms with Crippen LogP contribution >= 0.6 is 0 Å². The number of hydrogen-bond donors (Lipinski definition) is 2. The smallest absolute Gasteiger partial charge is 0.255 e. The summed E-state index contributed by atoms with van der Waals surface area (Å²) in [7, 11) is 0. The van der Waals surface area contributed by atoms with Crippen LogP contribution in [-0.4, -0.2) is 15.9 Å². The molecule has 27 heavy (non-hydrogen) atoms. The molecule has 134 valence electrons. The lowest BCUT2D eigenvalue weighted by Gasteiger charge is -2.13. The monoisotopic (exact) mass is 357 g/mol. The second kappa shape index (κ2) is 8.11. The predicted molar refractivity (Wildman–Crippen MR) is 105 cm³/mol. The third-order valence-corrected chi connectivity index (χ3v) is 4.07. The Balaban J connectivity index is 1.85. The van der Waals surface area contributed by atoms with Crippen molar-refractivity contribution in [3.63, 3.8) is 0 Å². The molecule has 3 aromatic rings. The molecule has 0 spiro atoms. The fourth-order valence-corrected chi connectivity index (χ4v) is 2.67. The number of hydrogen-bond acceptors (Lipinski definition) is 5. The van der Waals surface area contributed by atoms with Gasteiger partial charge in [0.05, 0.1) is 11.6 Å². The molecular weight excluding hydrogens is 338 g/mol. The molecule has 1 heterocycles. The Bertz CT molecular complexity index is 1020. The quantitative estimate of drug-likeness (QED) is 0.713. The molecule has 0 saturated heterocycles. The maximum atomic E-state index is 12.6. The number of carbonyl (C=O) groups excluding carboxylic acids is 1. The van der Waals surface area contributed by atoms with Crippen LogP contribution in [0.3, 0.4) is 0 Å². The number of nitrogens with zero attached hydrogens (tertiary/aromatic N) is 3. The molecule has 0 aliphatic heterocycles. The van der Waals surface area contributed by atoms with Gasteiger partial charge in [-0.05, 0) is 49.2 Å². The summed E-state index contributed by atoms with van der Waals surface area (Å²) in [4.78, 5) is 20.9. The highest BCUT2D eigenvalue weighted by molar-refractivity contribution is 6.05. The van der Waals surface area contributed by atoms with Crippen LogP contribution in [-0.2, 0) is 6.42 Å². The summed E-state index contributed by atoms with van der Waals surface area (Å²) in [5.41, 5.74) is 4.31. The van der Waals surface area contributed by atoms with Crippen molar-refractivity contribution in [3.8, 4) is 6.07 Å². The largest absolute Gasteiger partial charge is 0.340 e. The first-order chi connectivity index (χ1) is 13.1. The molecule has 0 aliphatic carbocycles. The van der Waals surface area contributed by atoms with Crippen LogP contribution in [0.15, 0.2) is 54.9 Å². The van der Waals surface area contributed by atoms with Gasteiger partial charge >= 0.3 is 0 Å². The van der Waals surface area contributed by atoms with Crippen molar-refractivity contribution in [2.45, 2.75) is 20.3 Å². The Labute approximate surface area is 157 Å². The lowest BCUT2D eigenvalue weighted by molar-refractivity contribution is 0.102. The number of rotatable bonds is 5. The maximum Gasteiger partial charge on any atom is 0.255 e. The van der Waals surface area contributed by atoms with Crippen LogP contribution in [0.2, 0.25) is 0 Å². The van der Waals surface area contributed by atoms with Gasteiger partial charge in [0.25, 0.3) is 5.91 Å². The average Bonchev–Trinajstić information content (AvgIpc) is 2.68. The minimum absolute atomic E-state index is 0.253. The Kier molecular flexibility index (Phi) is 5.43. The summed E-state index contributed by atoms with van der Waals surface area (Å²) in [5.74, 6) is 0.433. The standard InChI is InChI=1S/C21H19N5O/c1-3-16-7-8-18(25-20-9-14(2)23-13-24-20)11-19(16)26-21(27)17-6-4-5-15(10-17)12-22/h4-11,13H,3H2,1-2H3,(H,26,27)(H,23,24,25). The second-order valence-electron chi connectivity index (χ2n) is 6.04. The fraction of sp³-hybridized carbons (Fsp3) is 0.143. The normalized spacial score (nSPS) is 10.1. The lowest BCUT2D eigenvalue weighted by atomic mass is 10.1. The molecule has 0 saturated carbocycles. The van der Waals surface area contributed by atoms with E-state index in [0.717, 1.165) is 29.1 Å². The molecule has 0 fully saturated rings. The first-order valence-electron chi connectivity index (χ1n) is 8.59. The van der Waals surface area contributed by atoms with Crippen LogP contribution in [0.5, 0.6) is 0 Å². The van der Waals surface area contributed by atoms with Crippen LogP contribution in [0.1, 0.15) is 34.1 Å². The van der Waals surface area contributed by atoms with Crippen molar-refractivity contribution in [2.24, 2.45) is 0 Å². The molecule has 3 rings (SSSR count). The molecule has 0 radical (unpaired) electrons. The topological polar surface area (TPSA) is 90.7 Å². The summed E-state index contributed by atoms with van der Waals surface area (Å²) >= 11 is 0. The summed E-state index contributed by atoms with van der Waals surface area (Å²) in [6, 6.07) is 16.3. The summed E-state index contributed by atoms with van der Waals surface area (Å²) in [6.45, 7) is 3.93. The third kappa shape index (κ3) is 4.47. The molecule has 2 aromatic carbocycles. The van der Waals surface area contributed by atoms with Gasteiger partial charge in [-0.1, -0.05) is 19.1 Å². The average molecular weight is 357 g/mol. The highest BCUT2D eigenvalue weighted by Gasteiger charge is 2.10. The highest BCUT2D eigenvalue weighted by Crippen LogP contribution is 2.24. The molecule has 0 aliphatic rings. The van der Waals surface area contributed by atoms with E-state index in [1.807, 2.05) is 44.2 Å². The zero-order valence-corrected chi connectivity index (χ0v) is 15.2. The van der Waals surface area contributed by atoms with Crippen LogP contribution < -0.4 is 10.6 Å². The van der Waals surface area contributed by atoms with Gasteiger partial charge in [0, 0.05) is 28.7 Å². The molecule has 0 unspecified atom stereocenters. The summed E-state index contributed by atoms with van der Waals surface area (Å²) in [6.07, 6.45) is 2.28. The Morgan fingerprint density at radius 3 is 2.74 bits per heavy atom. The van der Waals surface area contributed by atoms with Gasteiger partial charge in [0.15, 0.2) is 0 Å². The highest BCUT2D eigenvalue weighted by atomic mass is 16.1. The van der Waals surface area contributed by atoms with Gasteiger partial charge in [0.2, 0.25) is 0 Å². The van der Waals surface area contributed by atoms with Crippen molar-refractivity contribution in [2.75, 3.05) is 10.6 Å². The van der Waals surface area contributed by atoms with Gasteiger partial charge in [-0.2, -0.15) is 5.26 Å². The van der Waals surface area contributed by atoms with Crippen molar-refractivity contribution in [1.29, 1.82) is 5.26 Å². The van der Waals surface area contributed by atoms with Crippen molar-refractivity contribution >= 4 is 23.1 Å². The molecule has 0 atom stereocenters. The van der Waals surface area contributed by atoms with Crippen molar-refractivity contribution in [1.82, 2.24) is 9.97 Å². The van der Waals surface area contributed by atoms with Crippen LogP contribution in [0.25, 0.3) is 0 Å². The van der Waals surface area contributed by atoms with E-state index in [4.69, 9.17) is 5.26 Å². The summed E-state index contributed by atoms with van der Waals surface area (Å²) < 4.78 is 0. The number of amides is 1. The van der Waals surface area contributed by atoms with E-state index in [0.29, 0.717) is 16.9 Å². The van der Waals surface area contributed by atoms with Crippen molar-refractivity contribution in [3.05, 3.63) is 77.2 Å². The van der Waals surface area contributed by atoms with E-state index in [-0.39, 0.29) is 5.91 Å². The zero-order valence-electron chi connectivity index (χ0n) is 15.2. The summed E-state index contributed by atoms with van der Waals surface area (Å²) in [5, 5.41) is 15.2. The fourth-order valence-electron chi connectivity index (χ4n) is 2.67. The number of aromatic nitrogens is 2. The first-order valence-corrected chi connectivity index (χ1v) is 8.59. The number of nitriles is 1. The van der Waals surface area contributed by atoms with E-state index >= 15 is 0 Å². The van der Waals surface area contributed by atoms with E-state index in [1.165, 1.54) is 6.33 Å². The van der Waals surface area contributed by atoms with Gasteiger partial charge < -0.3 is 10.6 Å². The van der Waals surface area contributed by atoms with E-state index < -0.39 is 0 Å².